The maximum absolute atomic E-state index is 13.5. The van der Waals surface area contributed by atoms with E-state index in [0.717, 1.165) is 30.6 Å². The first-order chi connectivity index (χ1) is 10.5. The zero-order valence-corrected chi connectivity index (χ0v) is 13.3. The standard InChI is InChI=1S/C19H26F2O/c1-12-2-4-13(5-3-12)14-6-8-15(9-7-14)16-10-17(20)19(22)18(21)11-16/h10-15,22H,2-9H2,1H3. The van der Waals surface area contributed by atoms with E-state index < -0.39 is 17.4 Å². The van der Waals surface area contributed by atoms with E-state index in [-0.39, 0.29) is 5.92 Å². The first-order valence-electron chi connectivity index (χ1n) is 8.72. The lowest BCUT2D eigenvalue weighted by Crippen LogP contribution is -2.24. The number of aromatic hydroxyl groups is 1. The number of hydrogen-bond donors (Lipinski definition) is 1. The Bertz CT molecular complexity index is 489. The van der Waals surface area contributed by atoms with Gasteiger partial charge in [0.2, 0.25) is 0 Å². The van der Waals surface area contributed by atoms with E-state index in [1.54, 1.807) is 0 Å². The monoisotopic (exact) mass is 308 g/mol. The summed E-state index contributed by atoms with van der Waals surface area (Å²) in [5.41, 5.74) is 0.712. The van der Waals surface area contributed by atoms with Gasteiger partial charge in [-0.15, -0.1) is 0 Å². The first kappa shape index (κ1) is 15.8. The highest BCUT2D eigenvalue weighted by molar-refractivity contribution is 5.32. The number of benzene rings is 1. The summed E-state index contributed by atoms with van der Waals surface area (Å²) in [5.74, 6) is 0.269. The maximum Gasteiger partial charge on any atom is 0.187 e. The molecule has 1 aromatic rings. The molecule has 2 aliphatic carbocycles. The van der Waals surface area contributed by atoms with Crippen LogP contribution >= 0.6 is 0 Å². The normalized spacial score (nSPS) is 32.9. The molecule has 3 heteroatoms. The summed E-state index contributed by atoms with van der Waals surface area (Å²) >= 11 is 0. The summed E-state index contributed by atoms with van der Waals surface area (Å²) in [6.07, 6.45) is 9.82. The van der Waals surface area contributed by atoms with Gasteiger partial charge in [-0.1, -0.05) is 19.8 Å². The molecule has 1 N–H and O–H groups in total. The molecule has 22 heavy (non-hydrogen) atoms. The molecule has 3 rings (SSSR count). The van der Waals surface area contributed by atoms with Crippen molar-refractivity contribution in [3.63, 3.8) is 0 Å². The topological polar surface area (TPSA) is 20.2 Å². The molecular formula is C19H26F2O. The number of phenols is 1. The van der Waals surface area contributed by atoms with Crippen LogP contribution in [-0.2, 0) is 0 Å². The summed E-state index contributed by atoms with van der Waals surface area (Å²) in [6, 6.07) is 2.62. The van der Waals surface area contributed by atoms with Crippen molar-refractivity contribution >= 4 is 0 Å². The Kier molecular flexibility index (Phi) is 4.70. The van der Waals surface area contributed by atoms with Gasteiger partial charge in [-0.25, -0.2) is 8.78 Å². The molecule has 0 amide bonds. The summed E-state index contributed by atoms with van der Waals surface area (Å²) in [5, 5.41) is 9.21. The Balaban J connectivity index is 1.60. The molecule has 0 radical (unpaired) electrons. The maximum atomic E-state index is 13.5. The highest BCUT2D eigenvalue weighted by atomic mass is 19.1. The van der Waals surface area contributed by atoms with Gasteiger partial charge in [0.25, 0.3) is 0 Å². The quantitative estimate of drug-likeness (QED) is 0.735. The molecular weight excluding hydrogens is 282 g/mol. The van der Waals surface area contributed by atoms with Gasteiger partial charge >= 0.3 is 0 Å². The molecule has 0 unspecified atom stereocenters. The highest BCUT2D eigenvalue weighted by Crippen LogP contribution is 2.44. The Morgan fingerprint density at radius 3 is 1.77 bits per heavy atom. The van der Waals surface area contributed by atoms with Gasteiger partial charge in [-0.05, 0) is 79.9 Å². The summed E-state index contributed by atoms with van der Waals surface area (Å²) < 4.78 is 27.0. The van der Waals surface area contributed by atoms with Crippen LogP contribution in [0.4, 0.5) is 8.78 Å². The van der Waals surface area contributed by atoms with E-state index in [2.05, 4.69) is 6.92 Å². The predicted octanol–water partition coefficient (Wildman–Crippen LogP) is 5.77. The molecule has 1 nitrogen and oxygen atoms in total. The number of hydrogen-bond acceptors (Lipinski definition) is 1. The third-order valence-corrected chi connectivity index (χ3v) is 6.01. The van der Waals surface area contributed by atoms with Crippen LogP contribution in [-0.4, -0.2) is 5.11 Å². The van der Waals surface area contributed by atoms with E-state index in [1.807, 2.05) is 0 Å². The molecule has 2 fully saturated rings. The van der Waals surface area contributed by atoms with Gasteiger partial charge < -0.3 is 5.11 Å². The summed E-state index contributed by atoms with van der Waals surface area (Å²) in [4.78, 5) is 0. The average molecular weight is 308 g/mol. The Hall–Kier alpha value is -1.12. The van der Waals surface area contributed by atoms with Gasteiger partial charge in [-0.3, -0.25) is 0 Å². The molecule has 0 aliphatic heterocycles. The van der Waals surface area contributed by atoms with Crippen molar-refractivity contribution < 1.29 is 13.9 Å². The molecule has 0 aromatic heterocycles. The average Bonchev–Trinajstić information content (AvgIpc) is 2.53. The van der Waals surface area contributed by atoms with Crippen LogP contribution in [0.5, 0.6) is 5.75 Å². The van der Waals surface area contributed by atoms with Crippen LogP contribution in [0.2, 0.25) is 0 Å². The van der Waals surface area contributed by atoms with Crippen molar-refractivity contribution in [2.24, 2.45) is 17.8 Å². The molecule has 0 atom stereocenters. The molecule has 0 spiro atoms. The molecule has 122 valence electrons. The van der Waals surface area contributed by atoms with Gasteiger partial charge in [0.05, 0.1) is 0 Å². The Morgan fingerprint density at radius 1 is 0.818 bits per heavy atom. The zero-order valence-electron chi connectivity index (χ0n) is 13.3. The van der Waals surface area contributed by atoms with Crippen LogP contribution < -0.4 is 0 Å². The number of rotatable bonds is 2. The molecule has 0 heterocycles. The smallest absolute Gasteiger partial charge is 0.187 e. The molecule has 1 aromatic carbocycles. The van der Waals surface area contributed by atoms with Crippen molar-refractivity contribution in [1.82, 2.24) is 0 Å². The van der Waals surface area contributed by atoms with E-state index in [4.69, 9.17) is 0 Å². The van der Waals surface area contributed by atoms with Crippen LogP contribution in [0, 0.1) is 29.4 Å². The van der Waals surface area contributed by atoms with E-state index in [1.165, 1.54) is 50.7 Å². The fourth-order valence-electron chi connectivity index (χ4n) is 4.50. The SMILES string of the molecule is CC1CCC(C2CCC(c3cc(F)c(O)c(F)c3)CC2)CC1. The minimum atomic E-state index is -0.853. The van der Waals surface area contributed by atoms with Crippen molar-refractivity contribution in [2.75, 3.05) is 0 Å². The third kappa shape index (κ3) is 3.28. The summed E-state index contributed by atoms with van der Waals surface area (Å²) in [6.45, 7) is 2.35. The number of halogens is 2. The van der Waals surface area contributed by atoms with Gasteiger partial charge in [-0.2, -0.15) is 0 Å². The van der Waals surface area contributed by atoms with Gasteiger partial charge in [0.15, 0.2) is 17.4 Å². The molecule has 2 aliphatic rings. The van der Waals surface area contributed by atoms with Crippen molar-refractivity contribution in [3.8, 4) is 5.75 Å². The Morgan fingerprint density at radius 2 is 1.27 bits per heavy atom. The van der Waals surface area contributed by atoms with Gasteiger partial charge in [0.1, 0.15) is 0 Å². The van der Waals surface area contributed by atoms with E-state index in [9.17, 15) is 13.9 Å². The van der Waals surface area contributed by atoms with Crippen molar-refractivity contribution in [1.29, 1.82) is 0 Å². The molecule has 2 saturated carbocycles. The lowest BCUT2D eigenvalue weighted by Gasteiger charge is -2.37. The third-order valence-electron chi connectivity index (χ3n) is 6.01. The van der Waals surface area contributed by atoms with Crippen LogP contribution in [0.3, 0.4) is 0 Å². The fraction of sp³-hybridized carbons (Fsp3) is 0.684. The van der Waals surface area contributed by atoms with E-state index >= 15 is 0 Å². The lowest BCUT2D eigenvalue weighted by atomic mass is 9.68. The predicted molar refractivity (Wildman–Crippen MR) is 83.8 cm³/mol. The number of phenolic OH excluding ortho intramolecular Hbond substituents is 1. The molecule has 0 bridgehead atoms. The highest BCUT2D eigenvalue weighted by Gasteiger charge is 2.30. The van der Waals surface area contributed by atoms with Crippen LogP contribution in [0.15, 0.2) is 12.1 Å². The van der Waals surface area contributed by atoms with Crippen LogP contribution in [0.25, 0.3) is 0 Å². The van der Waals surface area contributed by atoms with E-state index in [0.29, 0.717) is 5.56 Å². The summed E-state index contributed by atoms with van der Waals surface area (Å²) in [7, 11) is 0. The second kappa shape index (κ2) is 6.55. The first-order valence-corrected chi connectivity index (χ1v) is 8.72. The lowest BCUT2D eigenvalue weighted by molar-refractivity contribution is 0.165. The minimum Gasteiger partial charge on any atom is -0.503 e. The Labute approximate surface area is 131 Å². The molecule has 0 saturated heterocycles. The minimum absolute atomic E-state index is 0.239. The second-order valence-corrected chi connectivity index (χ2v) is 7.46. The second-order valence-electron chi connectivity index (χ2n) is 7.46. The van der Waals surface area contributed by atoms with Crippen molar-refractivity contribution in [2.45, 2.75) is 64.2 Å². The fourth-order valence-corrected chi connectivity index (χ4v) is 4.50. The zero-order chi connectivity index (χ0) is 15.7. The van der Waals surface area contributed by atoms with Crippen molar-refractivity contribution in [3.05, 3.63) is 29.3 Å². The largest absolute Gasteiger partial charge is 0.503 e. The van der Waals surface area contributed by atoms with Crippen LogP contribution in [0.1, 0.15) is 69.8 Å². The van der Waals surface area contributed by atoms with Gasteiger partial charge in [0, 0.05) is 0 Å².